The van der Waals surface area contributed by atoms with Crippen molar-refractivity contribution in [3.63, 3.8) is 0 Å². The summed E-state index contributed by atoms with van der Waals surface area (Å²) < 4.78 is 12.4. The Morgan fingerprint density at radius 2 is 1.97 bits per heavy atom. The minimum absolute atomic E-state index is 0.139. The molecule has 0 fully saturated rings. The van der Waals surface area contributed by atoms with Gasteiger partial charge >= 0.3 is 0 Å². The fourth-order valence-electron chi connectivity index (χ4n) is 2.90. The zero-order valence-electron chi connectivity index (χ0n) is 17.1. The highest BCUT2D eigenvalue weighted by Crippen LogP contribution is 2.30. The van der Waals surface area contributed by atoms with E-state index in [0.717, 1.165) is 12.0 Å². The third-order valence-electron chi connectivity index (χ3n) is 4.33. The van der Waals surface area contributed by atoms with E-state index >= 15 is 0 Å². The van der Waals surface area contributed by atoms with Crippen LogP contribution in [-0.2, 0) is 16.1 Å². The second kappa shape index (κ2) is 11.4. The number of anilines is 1. The molecule has 10 heteroatoms. The molecule has 0 unspecified atom stereocenters. The molecule has 0 bridgehead atoms. The van der Waals surface area contributed by atoms with Gasteiger partial charge in [-0.05, 0) is 36.8 Å². The van der Waals surface area contributed by atoms with Gasteiger partial charge in [-0.2, -0.15) is 0 Å². The van der Waals surface area contributed by atoms with Gasteiger partial charge in [-0.25, -0.2) is 0 Å². The normalized spacial score (nSPS) is 10.8. The first-order valence-electron chi connectivity index (χ1n) is 9.46. The lowest BCUT2D eigenvalue weighted by atomic mass is 10.2. The van der Waals surface area contributed by atoms with E-state index in [9.17, 15) is 4.79 Å². The molecular weight excluding hydrogens is 459 g/mol. The molecule has 0 aliphatic carbocycles. The Balaban J connectivity index is 1.76. The Hall–Kier alpha value is -2.26. The third kappa shape index (κ3) is 6.13. The number of halogens is 2. The van der Waals surface area contributed by atoms with Crippen LogP contribution in [0.2, 0.25) is 10.0 Å². The molecule has 1 aromatic heterocycles. The highest BCUT2D eigenvalue weighted by Gasteiger charge is 2.18. The minimum Gasteiger partial charge on any atom is -0.495 e. The van der Waals surface area contributed by atoms with Gasteiger partial charge in [-0.3, -0.25) is 4.79 Å². The maximum Gasteiger partial charge on any atom is 0.234 e. The van der Waals surface area contributed by atoms with Gasteiger partial charge in [0.05, 0.1) is 23.6 Å². The predicted molar refractivity (Wildman–Crippen MR) is 124 cm³/mol. The summed E-state index contributed by atoms with van der Waals surface area (Å²) in [5.74, 6) is 1.12. The van der Waals surface area contributed by atoms with Crippen molar-refractivity contribution < 1.29 is 14.3 Å². The van der Waals surface area contributed by atoms with Crippen LogP contribution in [0.3, 0.4) is 0 Å². The molecule has 164 valence electrons. The molecule has 0 spiro atoms. The monoisotopic (exact) mass is 480 g/mol. The average Bonchev–Trinajstić information content (AvgIpc) is 3.15. The summed E-state index contributed by atoms with van der Waals surface area (Å²) in [7, 11) is 3.19. The second-order valence-corrected chi connectivity index (χ2v) is 8.25. The summed E-state index contributed by atoms with van der Waals surface area (Å²) in [4.78, 5) is 12.5. The summed E-state index contributed by atoms with van der Waals surface area (Å²) in [6.07, 6.45) is 0.769. The maximum atomic E-state index is 12.5. The zero-order valence-corrected chi connectivity index (χ0v) is 19.4. The van der Waals surface area contributed by atoms with E-state index < -0.39 is 0 Å². The summed E-state index contributed by atoms with van der Waals surface area (Å²) in [5, 5.41) is 13.2. The molecule has 7 nitrogen and oxygen atoms in total. The first-order chi connectivity index (χ1) is 15.0. The van der Waals surface area contributed by atoms with E-state index in [1.54, 1.807) is 25.3 Å². The van der Waals surface area contributed by atoms with Gasteiger partial charge in [0, 0.05) is 30.8 Å². The van der Waals surface area contributed by atoms with E-state index in [2.05, 4.69) is 15.5 Å². The molecule has 0 aliphatic heterocycles. The Bertz CT molecular complexity index is 1050. The number of hydrogen-bond donors (Lipinski definition) is 1. The molecule has 0 aliphatic rings. The molecule has 1 N–H and O–H groups in total. The Kier molecular flexibility index (Phi) is 8.60. The van der Waals surface area contributed by atoms with Crippen molar-refractivity contribution in [2.75, 3.05) is 31.9 Å². The van der Waals surface area contributed by atoms with Crippen molar-refractivity contribution in [3.8, 4) is 17.1 Å². The predicted octanol–water partition coefficient (Wildman–Crippen LogP) is 5.03. The number of nitrogens with zero attached hydrogens (tertiary/aromatic N) is 3. The molecule has 0 saturated heterocycles. The van der Waals surface area contributed by atoms with Crippen LogP contribution in [-0.4, -0.2) is 47.3 Å². The van der Waals surface area contributed by atoms with Crippen LogP contribution in [0.5, 0.6) is 5.75 Å². The highest BCUT2D eigenvalue weighted by molar-refractivity contribution is 7.99. The highest BCUT2D eigenvalue weighted by atomic mass is 35.5. The topological polar surface area (TPSA) is 78.3 Å². The van der Waals surface area contributed by atoms with Crippen LogP contribution < -0.4 is 10.1 Å². The lowest BCUT2D eigenvalue weighted by Gasteiger charge is -2.12. The van der Waals surface area contributed by atoms with Crippen LogP contribution >= 0.6 is 35.0 Å². The summed E-state index contributed by atoms with van der Waals surface area (Å²) in [6, 6.07) is 12.5. The van der Waals surface area contributed by atoms with E-state index in [1.165, 1.54) is 18.9 Å². The van der Waals surface area contributed by atoms with Crippen LogP contribution in [0.1, 0.15) is 6.42 Å². The van der Waals surface area contributed by atoms with Crippen molar-refractivity contribution >= 4 is 46.6 Å². The number of thioether (sulfide) groups is 1. The van der Waals surface area contributed by atoms with E-state index in [-0.39, 0.29) is 11.7 Å². The molecule has 3 aromatic rings. The van der Waals surface area contributed by atoms with Crippen LogP contribution in [0.15, 0.2) is 47.6 Å². The molecule has 0 radical (unpaired) electrons. The van der Waals surface area contributed by atoms with Crippen molar-refractivity contribution in [3.05, 3.63) is 52.5 Å². The molecule has 1 amide bonds. The van der Waals surface area contributed by atoms with E-state index in [0.29, 0.717) is 45.6 Å². The van der Waals surface area contributed by atoms with Crippen LogP contribution in [0.25, 0.3) is 11.4 Å². The van der Waals surface area contributed by atoms with Gasteiger partial charge in [0.25, 0.3) is 0 Å². The number of hydrogen-bond acceptors (Lipinski definition) is 6. The van der Waals surface area contributed by atoms with Crippen molar-refractivity contribution in [2.24, 2.45) is 0 Å². The van der Waals surface area contributed by atoms with E-state index in [1.807, 2.05) is 28.8 Å². The van der Waals surface area contributed by atoms with Gasteiger partial charge in [0.15, 0.2) is 11.0 Å². The first kappa shape index (κ1) is 23.4. The van der Waals surface area contributed by atoms with Crippen molar-refractivity contribution in [1.82, 2.24) is 14.8 Å². The number of benzene rings is 2. The Morgan fingerprint density at radius 1 is 1.16 bits per heavy atom. The van der Waals surface area contributed by atoms with Crippen molar-refractivity contribution in [2.45, 2.75) is 18.1 Å². The van der Waals surface area contributed by atoms with Gasteiger partial charge in [-0.15, -0.1) is 10.2 Å². The van der Waals surface area contributed by atoms with Gasteiger partial charge in [0.1, 0.15) is 5.75 Å². The van der Waals surface area contributed by atoms with Crippen LogP contribution in [0, 0.1) is 0 Å². The quantitative estimate of drug-likeness (QED) is 0.323. The Labute approximate surface area is 195 Å². The fraction of sp³-hybridized carbons (Fsp3) is 0.286. The molecule has 2 aromatic carbocycles. The first-order valence-corrected chi connectivity index (χ1v) is 11.2. The summed E-state index contributed by atoms with van der Waals surface area (Å²) in [6.45, 7) is 1.23. The number of carbonyl (C=O) groups is 1. The summed E-state index contributed by atoms with van der Waals surface area (Å²) in [5.41, 5.74) is 1.30. The second-order valence-electron chi connectivity index (χ2n) is 6.47. The van der Waals surface area contributed by atoms with Gasteiger partial charge in [0.2, 0.25) is 5.91 Å². The number of nitrogens with one attached hydrogen (secondary N) is 1. The lowest BCUT2D eigenvalue weighted by molar-refractivity contribution is -0.113. The largest absolute Gasteiger partial charge is 0.495 e. The summed E-state index contributed by atoms with van der Waals surface area (Å²) >= 11 is 13.7. The van der Waals surface area contributed by atoms with Crippen LogP contribution in [0.4, 0.5) is 5.69 Å². The molecule has 31 heavy (non-hydrogen) atoms. The molecule has 0 atom stereocenters. The third-order valence-corrected chi connectivity index (χ3v) is 5.86. The zero-order chi connectivity index (χ0) is 22.2. The van der Waals surface area contributed by atoms with Gasteiger partial charge < -0.3 is 19.4 Å². The number of methoxy groups -OCH3 is 2. The SMILES string of the molecule is COCCCn1c(SCC(=O)Nc2cc(Cl)ccc2OC)nnc1-c1ccccc1Cl. The fourth-order valence-corrected chi connectivity index (χ4v) is 4.06. The molecule has 1 heterocycles. The minimum atomic E-state index is -0.212. The number of carbonyl (C=O) groups excluding carboxylic acids is 1. The molecule has 3 rings (SSSR count). The number of rotatable bonds is 10. The van der Waals surface area contributed by atoms with Gasteiger partial charge in [-0.1, -0.05) is 47.1 Å². The standard InChI is InChI=1S/C21H22Cl2N4O3S/c1-29-11-5-10-27-20(15-6-3-4-7-16(15)23)25-26-21(27)31-13-19(28)24-17-12-14(22)8-9-18(17)30-2/h3-4,6-9,12H,5,10-11,13H2,1-2H3,(H,24,28). The Morgan fingerprint density at radius 3 is 2.71 bits per heavy atom. The maximum absolute atomic E-state index is 12.5. The average molecular weight is 481 g/mol. The smallest absolute Gasteiger partial charge is 0.234 e. The van der Waals surface area contributed by atoms with Crippen molar-refractivity contribution in [1.29, 1.82) is 0 Å². The number of amides is 1. The number of ether oxygens (including phenoxy) is 2. The number of aromatic nitrogens is 3. The molecular formula is C21H22Cl2N4O3S. The van der Waals surface area contributed by atoms with E-state index in [4.69, 9.17) is 32.7 Å². The lowest BCUT2D eigenvalue weighted by Crippen LogP contribution is -2.15. The molecule has 0 saturated carbocycles.